The van der Waals surface area contributed by atoms with Crippen LogP contribution < -0.4 is 4.90 Å². The summed E-state index contributed by atoms with van der Waals surface area (Å²) >= 11 is 0. The van der Waals surface area contributed by atoms with Crippen molar-refractivity contribution in [2.75, 3.05) is 31.1 Å². The summed E-state index contributed by atoms with van der Waals surface area (Å²) in [6.07, 6.45) is 0.368. The smallest absolute Gasteiger partial charge is 0.253 e. The number of anilines is 1. The number of carbonyl (C=O) groups excluding carboxylic acids is 2. The second kappa shape index (κ2) is 7.65. The molecule has 0 spiro atoms. The third-order valence-electron chi connectivity index (χ3n) is 4.06. The molecule has 0 saturated carbocycles. The van der Waals surface area contributed by atoms with Gasteiger partial charge in [0.25, 0.3) is 5.91 Å². The molecule has 1 aromatic rings. The Hall–Kier alpha value is -2.53. The summed E-state index contributed by atoms with van der Waals surface area (Å²) in [4.78, 5) is 30.8. The summed E-state index contributed by atoms with van der Waals surface area (Å²) in [5.74, 6) is -0.00903. The summed E-state index contributed by atoms with van der Waals surface area (Å²) in [5.41, 5.74) is 9.69. The first kappa shape index (κ1) is 16.8. The van der Waals surface area contributed by atoms with E-state index in [0.717, 1.165) is 5.69 Å². The molecule has 1 unspecified atom stereocenters. The van der Waals surface area contributed by atoms with Crippen LogP contribution in [0.1, 0.15) is 30.6 Å². The maximum absolute atomic E-state index is 12.4. The minimum absolute atomic E-state index is 0.00409. The molecule has 0 N–H and O–H groups in total. The molecule has 1 atom stereocenters. The quantitative estimate of drug-likeness (QED) is 0.459. The zero-order chi connectivity index (χ0) is 16.8. The average Bonchev–Trinajstić information content (AvgIpc) is 2.95. The molecule has 1 saturated heterocycles. The number of amides is 2. The SMILES string of the molecule is CCN(CC)C(=O)c1cccc(N2CC(CN=[N+]=[N-])CC2=O)c1. The van der Waals surface area contributed by atoms with Gasteiger partial charge in [-0.2, -0.15) is 0 Å². The molecule has 0 bridgehead atoms. The number of hydrogen-bond acceptors (Lipinski definition) is 3. The maximum atomic E-state index is 12.4. The zero-order valence-corrected chi connectivity index (χ0v) is 13.5. The van der Waals surface area contributed by atoms with Crippen molar-refractivity contribution in [2.45, 2.75) is 20.3 Å². The lowest BCUT2D eigenvalue weighted by molar-refractivity contribution is -0.117. The van der Waals surface area contributed by atoms with Crippen LogP contribution >= 0.6 is 0 Å². The maximum Gasteiger partial charge on any atom is 0.253 e. The molecule has 1 aliphatic heterocycles. The Labute approximate surface area is 135 Å². The summed E-state index contributed by atoms with van der Waals surface area (Å²) in [5, 5.41) is 3.55. The molecular weight excluding hydrogens is 294 g/mol. The number of carbonyl (C=O) groups is 2. The van der Waals surface area contributed by atoms with Gasteiger partial charge in [-0.3, -0.25) is 9.59 Å². The second-order valence-electron chi connectivity index (χ2n) is 5.52. The molecule has 1 aliphatic rings. The van der Waals surface area contributed by atoms with E-state index in [1.165, 1.54) is 0 Å². The topological polar surface area (TPSA) is 89.4 Å². The third kappa shape index (κ3) is 3.81. The van der Waals surface area contributed by atoms with Crippen LogP contribution in [0.25, 0.3) is 10.4 Å². The second-order valence-corrected chi connectivity index (χ2v) is 5.52. The van der Waals surface area contributed by atoms with Crippen molar-refractivity contribution < 1.29 is 9.59 Å². The van der Waals surface area contributed by atoms with E-state index in [4.69, 9.17) is 5.53 Å². The van der Waals surface area contributed by atoms with Crippen LogP contribution in [0.3, 0.4) is 0 Å². The minimum atomic E-state index is -0.0332. The molecule has 2 rings (SSSR count). The molecule has 1 aromatic carbocycles. The Balaban J connectivity index is 2.18. The van der Waals surface area contributed by atoms with Gasteiger partial charge < -0.3 is 9.80 Å². The molecule has 1 fully saturated rings. The Morgan fingerprint density at radius 3 is 2.83 bits per heavy atom. The fraction of sp³-hybridized carbons (Fsp3) is 0.500. The van der Waals surface area contributed by atoms with Crippen LogP contribution in [0.15, 0.2) is 29.4 Å². The molecular formula is C16H21N5O2. The first-order chi connectivity index (χ1) is 11.1. The summed E-state index contributed by atoms with van der Waals surface area (Å²) in [6.45, 7) is 6.01. The molecule has 0 radical (unpaired) electrons. The van der Waals surface area contributed by atoms with Gasteiger partial charge in [-0.05, 0) is 43.5 Å². The van der Waals surface area contributed by atoms with Crippen LogP contribution in [-0.4, -0.2) is 42.9 Å². The fourth-order valence-corrected chi connectivity index (χ4v) is 2.81. The highest BCUT2D eigenvalue weighted by atomic mass is 16.2. The number of nitrogens with zero attached hydrogens (tertiary/aromatic N) is 5. The lowest BCUT2D eigenvalue weighted by Gasteiger charge is -2.21. The standard InChI is InChI=1S/C16H21N5O2/c1-3-20(4-2)16(23)13-6-5-7-14(9-13)21-11-12(8-15(21)22)10-18-19-17/h5-7,9,12H,3-4,8,10-11H2,1-2H3. The summed E-state index contributed by atoms with van der Waals surface area (Å²) in [7, 11) is 0. The van der Waals surface area contributed by atoms with Gasteiger partial charge in [0.2, 0.25) is 5.91 Å². The first-order valence-corrected chi connectivity index (χ1v) is 7.81. The van der Waals surface area contributed by atoms with Gasteiger partial charge in [-0.1, -0.05) is 11.2 Å². The van der Waals surface area contributed by atoms with Gasteiger partial charge in [-0.15, -0.1) is 0 Å². The van der Waals surface area contributed by atoms with E-state index < -0.39 is 0 Å². The Morgan fingerprint density at radius 2 is 2.17 bits per heavy atom. The predicted molar refractivity (Wildman–Crippen MR) is 88.2 cm³/mol. The molecule has 1 heterocycles. The molecule has 7 nitrogen and oxygen atoms in total. The largest absolute Gasteiger partial charge is 0.339 e. The van der Waals surface area contributed by atoms with Gasteiger partial charge >= 0.3 is 0 Å². The molecule has 7 heteroatoms. The Kier molecular flexibility index (Phi) is 5.60. The molecule has 23 heavy (non-hydrogen) atoms. The summed E-state index contributed by atoms with van der Waals surface area (Å²) in [6, 6.07) is 7.14. The number of azide groups is 1. The number of hydrogen-bond donors (Lipinski definition) is 0. The van der Waals surface area contributed by atoms with E-state index in [9.17, 15) is 9.59 Å². The average molecular weight is 315 g/mol. The lowest BCUT2D eigenvalue weighted by atomic mass is 10.1. The van der Waals surface area contributed by atoms with Crippen molar-refractivity contribution in [1.29, 1.82) is 0 Å². The summed E-state index contributed by atoms with van der Waals surface area (Å²) < 4.78 is 0. The van der Waals surface area contributed by atoms with Gasteiger partial charge in [0.05, 0.1) is 0 Å². The van der Waals surface area contributed by atoms with E-state index in [2.05, 4.69) is 10.0 Å². The normalized spacial score (nSPS) is 17.0. The highest BCUT2D eigenvalue weighted by Crippen LogP contribution is 2.26. The molecule has 0 aromatic heterocycles. The molecule has 2 amide bonds. The zero-order valence-electron chi connectivity index (χ0n) is 13.5. The highest BCUT2D eigenvalue weighted by molar-refractivity contribution is 5.99. The van der Waals surface area contributed by atoms with Gasteiger partial charge in [0.15, 0.2) is 0 Å². The number of benzene rings is 1. The Bertz CT molecular complexity index is 635. The minimum Gasteiger partial charge on any atom is -0.339 e. The van der Waals surface area contributed by atoms with E-state index in [1.807, 2.05) is 19.9 Å². The van der Waals surface area contributed by atoms with Gasteiger partial charge in [0.1, 0.15) is 0 Å². The van der Waals surface area contributed by atoms with Gasteiger partial charge in [-0.25, -0.2) is 0 Å². The molecule has 122 valence electrons. The van der Waals surface area contributed by atoms with Crippen LogP contribution in [0.4, 0.5) is 5.69 Å². The van der Waals surface area contributed by atoms with E-state index in [0.29, 0.717) is 38.2 Å². The van der Waals surface area contributed by atoms with Crippen molar-refractivity contribution in [1.82, 2.24) is 4.90 Å². The Morgan fingerprint density at radius 1 is 1.43 bits per heavy atom. The monoisotopic (exact) mass is 315 g/mol. The van der Waals surface area contributed by atoms with Crippen molar-refractivity contribution in [2.24, 2.45) is 11.0 Å². The van der Waals surface area contributed by atoms with Crippen LogP contribution in [-0.2, 0) is 4.79 Å². The third-order valence-corrected chi connectivity index (χ3v) is 4.06. The van der Waals surface area contributed by atoms with Crippen LogP contribution in [0, 0.1) is 5.92 Å². The van der Waals surface area contributed by atoms with Crippen LogP contribution in [0.2, 0.25) is 0 Å². The van der Waals surface area contributed by atoms with E-state index in [1.54, 1.807) is 28.0 Å². The fourth-order valence-electron chi connectivity index (χ4n) is 2.81. The van der Waals surface area contributed by atoms with Crippen molar-refractivity contribution in [3.05, 3.63) is 40.3 Å². The van der Waals surface area contributed by atoms with E-state index >= 15 is 0 Å². The van der Waals surface area contributed by atoms with Crippen LogP contribution in [0.5, 0.6) is 0 Å². The predicted octanol–water partition coefficient (Wildman–Crippen LogP) is 2.83. The first-order valence-electron chi connectivity index (χ1n) is 7.81. The van der Waals surface area contributed by atoms with Crippen molar-refractivity contribution >= 4 is 17.5 Å². The molecule has 0 aliphatic carbocycles. The van der Waals surface area contributed by atoms with Crippen molar-refractivity contribution in [3.8, 4) is 0 Å². The van der Waals surface area contributed by atoms with Crippen molar-refractivity contribution in [3.63, 3.8) is 0 Å². The number of rotatable bonds is 6. The van der Waals surface area contributed by atoms with E-state index in [-0.39, 0.29) is 17.7 Å². The van der Waals surface area contributed by atoms with Gasteiger partial charge in [0, 0.05) is 48.8 Å². The highest BCUT2D eigenvalue weighted by Gasteiger charge is 2.30. The lowest BCUT2D eigenvalue weighted by Crippen LogP contribution is -2.31.